The van der Waals surface area contributed by atoms with E-state index in [0.717, 1.165) is 31.2 Å². The van der Waals surface area contributed by atoms with Gasteiger partial charge < -0.3 is 4.18 Å². The van der Waals surface area contributed by atoms with Crippen LogP contribution in [0.15, 0.2) is 24.3 Å². The lowest BCUT2D eigenvalue weighted by molar-refractivity contribution is 0.481. The van der Waals surface area contributed by atoms with Gasteiger partial charge in [-0.15, -0.1) is 0 Å². The highest BCUT2D eigenvalue weighted by Crippen LogP contribution is 2.22. The number of unbranched alkanes of at least 4 members (excludes halogenated alkanes) is 2. The Morgan fingerprint density at radius 3 is 2.44 bits per heavy atom. The molecule has 18 heavy (non-hydrogen) atoms. The first-order valence-electron chi connectivity index (χ1n) is 6.59. The van der Waals surface area contributed by atoms with E-state index in [1.54, 1.807) is 12.1 Å². The molecule has 4 heteroatoms. The Morgan fingerprint density at radius 2 is 1.78 bits per heavy atom. The summed E-state index contributed by atoms with van der Waals surface area (Å²) >= 11 is 0. The summed E-state index contributed by atoms with van der Waals surface area (Å²) in [7, 11) is -3.44. The SMILES string of the molecule is CCCCCc1ccccc1OS(=O)(=O)CCC. The maximum absolute atomic E-state index is 11.7. The van der Waals surface area contributed by atoms with Crippen LogP contribution in [0.5, 0.6) is 5.75 Å². The maximum Gasteiger partial charge on any atom is 0.309 e. The molecule has 102 valence electrons. The molecule has 0 fully saturated rings. The van der Waals surface area contributed by atoms with Crippen molar-refractivity contribution in [3.05, 3.63) is 29.8 Å². The second-order valence-electron chi connectivity index (χ2n) is 4.41. The zero-order valence-electron chi connectivity index (χ0n) is 11.2. The normalized spacial score (nSPS) is 11.4. The van der Waals surface area contributed by atoms with Crippen LogP contribution < -0.4 is 4.18 Å². The third kappa shape index (κ3) is 5.08. The highest BCUT2D eigenvalue weighted by atomic mass is 32.2. The van der Waals surface area contributed by atoms with E-state index in [2.05, 4.69) is 6.92 Å². The molecule has 0 amide bonds. The van der Waals surface area contributed by atoms with Gasteiger partial charge in [-0.2, -0.15) is 8.42 Å². The molecule has 0 unspecified atom stereocenters. The van der Waals surface area contributed by atoms with Crippen LogP contribution in [0.3, 0.4) is 0 Å². The van der Waals surface area contributed by atoms with Gasteiger partial charge in [0.15, 0.2) is 0 Å². The van der Waals surface area contributed by atoms with Crippen LogP contribution in [-0.2, 0) is 16.5 Å². The van der Waals surface area contributed by atoms with Crippen molar-refractivity contribution in [1.82, 2.24) is 0 Å². The fourth-order valence-electron chi connectivity index (χ4n) is 1.79. The molecule has 1 aromatic rings. The van der Waals surface area contributed by atoms with E-state index < -0.39 is 10.1 Å². The topological polar surface area (TPSA) is 43.4 Å². The minimum Gasteiger partial charge on any atom is -0.382 e. The molecule has 0 aliphatic carbocycles. The predicted molar refractivity (Wildman–Crippen MR) is 74.4 cm³/mol. The van der Waals surface area contributed by atoms with Gasteiger partial charge in [-0.25, -0.2) is 0 Å². The number of rotatable bonds is 8. The summed E-state index contributed by atoms with van der Waals surface area (Å²) in [5, 5.41) is 0. The van der Waals surface area contributed by atoms with Gasteiger partial charge in [0.1, 0.15) is 5.75 Å². The first kappa shape index (κ1) is 15.0. The van der Waals surface area contributed by atoms with Crippen LogP contribution in [-0.4, -0.2) is 14.2 Å². The molecule has 0 aliphatic rings. The fourth-order valence-corrected chi connectivity index (χ4v) is 2.81. The summed E-state index contributed by atoms with van der Waals surface area (Å²) in [4.78, 5) is 0. The zero-order chi connectivity index (χ0) is 13.4. The van der Waals surface area contributed by atoms with Crippen molar-refractivity contribution in [2.24, 2.45) is 0 Å². The first-order valence-corrected chi connectivity index (χ1v) is 8.17. The van der Waals surface area contributed by atoms with Gasteiger partial charge in [0, 0.05) is 0 Å². The summed E-state index contributed by atoms with van der Waals surface area (Å²) in [6.07, 6.45) is 4.80. The Bertz CT molecular complexity index is 452. The zero-order valence-corrected chi connectivity index (χ0v) is 12.0. The van der Waals surface area contributed by atoms with E-state index in [-0.39, 0.29) is 5.75 Å². The van der Waals surface area contributed by atoms with Crippen molar-refractivity contribution in [2.45, 2.75) is 46.0 Å². The van der Waals surface area contributed by atoms with Crippen molar-refractivity contribution in [2.75, 3.05) is 5.75 Å². The fraction of sp³-hybridized carbons (Fsp3) is 0.571. The summed E-state index contributed by atoms with van der Waals surface area (Å²) in [6, 6.07) is 7.39. The molecule has 0 aliphatic heterocycles. The Kier molecular flexibility index (Phi) is 6.19. The third-order valence-electron chi connectivity index (χ3n) is 2.69. The van der Waals surface area contributed by atoms with Gasteiger partial charge in [0.05, 0.1) is 5.75 Å². The van der Waals surface area contributed by atoms with Gasteiger partial charge in [0.25, 0.3) is 0 Å². The quantitative estimate of drug-likeness (QED) is 0.536. The second kappa shape index (κ2) is 7.41. The molecule has 0 aromatic heterocycles. The van der Waals surface area contributed by atoms with E-state index in [4.69, 9.17) is 4.18 Å². The predicted octanol–water partition coefficient (Wildman–Crippen LogP) is 3.54. The molecule has 3 nitrogen and oxygen atoms in total. The number of hydrogen-bond acceptors (Lipinski definition) is 3. The van der Waals surface area contributed by atoms with E-state index in [1.165, 1.54) is 0 Å². The molecule has 1 rings (SSSR count). The van der Waals surface area contributed by atoms with Crippen LogP contribution in [0, 0.1) is 0 Å². The van der Waals surface area contributed by atoms with Crippen LogP contribution in [0.2, 0.25) is 0 Å². The largest absolute Gasteiger partial charge is 0.382 e. The van der Waals surface area contributed by atoms with E-state index in [0.29, 0.717) is 12.2 Å². The maximum atomic E-state index is 11.7. The summed E-state index contributed by atoms with van der Waals surface area (Å²) in [5.41, 5.74) is 0.977. The minimum atomic E-state index is -3.44. The van der Waals surface area contributed by atoms with Crippen LogP contribution in [0.4, 0.5) is 0 Å². The first-order chi connectivity index (χ1) is 8.59. The average molecular weight is 270 g/mol. The summed E-state index contributed by atoms with van der Waals surface area (Å²) < 4.78 is 28.5. The highest BCUT2D eigenvalue weighted by Gasteiger charge is 2.13. The Balaban J connectivity index is 2.75. The molecule has 0 spiro atoms. The third-order valence-corrected chi connectivity index (χ3v) is 4.03. The molecule has 0 atom stereocenters. The molecule has 0 heterocycles. The Morgan fingerprint density at radius 1 is 1.06 bits per heavy atom. The van der Waals surface area contributed by atoms with E-state index in [9.17, 15) is 8.42 Å². The summed E-state index contributed by atoms with van der Waals surface area (Å²) in [5.74, 6) is 0.554. The van der Waals surface area contributed by atoms with Crippen molar-refractivity contribution >= 4 is 10.1 Å². The van der Waals surface area contributed by atoms with Gasteiger partial charge in [-0.3, -0.25) is 0 Å². The van der Waals surface area contributed by atoms with Crippen molar-refractivity contribution < 1.29 is 12.6 Å². The molecule has 0 N–H and O–H groups in total. The number of benzene rings is 1. The van der Waals surface area contributed by atoms with Crippen molar-refractivity contribution in [3.8, 4) is 5.75 Å². The van der Waals surface area contributed by atoms with E-state index >= 15 is 0 Å². The molecule has 0 radical (unpaired) electrons. The molecule has 0 bridgehead atoms. The average Bonchev–Trinajstić information content (AvgIpc) is 2.31. The van der Waals surface area contributed by atoms with Crippen LogP contribution >= 0.6 is 0 Å². The van der Waals surface area contributed by atoms with Gasteiger partial charge in [0.2, 0.25) is 0 Å². The smallest absolute Gasteiger partial charge is 0.309 e. The standard InChI is InChI=1S/C14H22O3S/c1-3-5-6-9-13-10-7-8-11-14(13)17-18(15,16)12-4-2/h7-8,10-11H,3-6,9,12H2,1-2H3. The lowest BCUT2D eigenvalue weighted by atomic mass is 10.1. The number of para-hydroxylation sites is 1. The van der Waals surface area contributed by atoms with Crippen molar-refractivity contribution in [1.29, 1.82) is 0 Å². The lowest BCUT2D eigenvalue weighted by Gasteiger charge is -2.10. The molecular weight excluding hydrogens is 248 g/mol. The van der Waals surface area contributed by atoms with E-state index in [1.807, 2.05) is 19.1 Å². The van der Waals surface area contributed by atoms with Crippen LogP contribution in [0.25, 0.3) is 0 Å². The molecule has 0 saturated carbocycles. The van der Waals surface area contributed by atoms with Gasteiger partial charge in [-0.1, -0.05) is 44.9 Å². The monoisotopic (exact) mass is 270 g/mol. The molecule has 0 saturated heterocycles. The number of hydrogen-bond donors (Lipinski definition) is 0. The highest BCUT2D eigenvalue weighted by molar-refractivity contribution is 7.87. The second-order valence-corrected chi connectivity index (χ2v) is 6.10. The summed E-state index contributed by atoms with van der Waals surface area (Å²) in [6.45, 7) is 3.97. The Hall–Kier alpha value is -1.03. The lowest BCUT2D eigenvalue weighted by Crippen LogP contribution is -2.14. The van der Waals surface area contributed by atoms with Gasteiger partial charge in [-0.05, 0) is 30.9 Å². The van der Waals surface area contributed by atoms with Crippen LogP contribution in [0.1, 0.15) is 45.1 Å². The molecular formula is C14H22O3S. The Labute approximate surface area is 110 Å². The van der Waals surface area contributed by atoms with Crippen molar-refractivity contribution in [3.63, 3.8) is 0 Å². The van der Waals surface area contributed by atoms with Gasteiger partial charge >= 0.3 is 10.1 Å². The minimum absolute atomic E-state index is 0.0658. The number of aryl methyl sites for hydroxylation is 1. The molecule has 1 aromatic carbocycles.